The summed E-state index contributed by atoms with van der Waals surface area (Å²) in [6.45, 7) is 2.78. The van der Waals surface area contributed by atoms with Gasteiger partial charge in [0.15, 0.2) is 11.4 Å². The number of aliphatic imine (C=N–C) groups is 1. The van der Waals surface area contributed by atoms with E-state index in [4.69, 9.17) is 10.00 Å². The summed E-state index contributed by atoms with van der Waals surface area (Å²) < 4.78 is 35.4. The van der Waals surface area contributed by atoms with Crippen molar-refractivity contribution < 1.29 is 18.3 Å². The second-order valence-electron chi connectivity index (χ2n) is 9.22. The summed E-state index contributed by atoms with van der Waals surface area (Å²) >= 11 is 1.23. The fourth-order valence-corrected chi connectivity index (χ4v) is 5.70. The number of halogens is 2. The van der Waals surface area contributed by atoms with Crippen LogP contribution in [0.3, 0.4) is 0 Å². The Morgan fingerprint density at radius 2 is 1.83 bits per heavy atom. The summed E-state index contributed by atoms with van der Waals surface area (Å²) in [6.07, 6.45) is 1.45. The molecule has 0 spiro atoms. The summed E-state index contributed by atoms with van der Waals surface area (Å²) in [6, 6.07) is 22.1. The van der Waals surface area contributed by atoms with E-state index in [0.29, 0.717) is 30.4 Å². The van der Waals surface area contributed by atoms with Gasteiger partial charge in [-0.2, -0.15) is 5.26 Å². The fourth-order valence-electron chi connectivity index (χ4n) is 4.31. The zero-order chi connectivity index (χ0) is 29.2. The van der Waals surface area contributed by atoms with Crippen LogP contribution in [0.2, 0.25) is 0 Å². The van der Waals surface area contributed by atoms with Crippen molar-refractivity contribution >= 4 is 34.3 Å². The maximum absolute atomic E-state index is 15.1. The van der Waals surface area contributed by atoms with Crippen LogP contribution in [0.1, 0.15) is 24.5 Å². The molecule has 8 nitrogen and oxygen atoms in total. The number of para-hydroxylation sites is 1. The minimum absolute atomic E-state index is 0.00575. The molecular weight excluding hydrogens is 546 g/mol. The predicted molar refractivity (Wildman–Crippen MR) is 158 cm³/mol. The van der Waals surface area contributed by atoms with Gasteiger partial charge in [-0.05, 0) is 30.7 Å². The molecule has 0 saturated carbocycles. The normalized spacial score (nSPS) is 17.5. The number of quaternary nitrogens is 1. The molecule has 11 heteroatoms. The lowest BCUT2D eigenvalue weighted by Gasteiger charge is -2.31. The van der Waals surface area contributed by atoms with Crippen LogP contribution in [0.15, 0.2) is 89.6 Å². The first-order valence-electron chi connectivity index (χ1n) is 13.1. The smallest absolute Gasteiger partial charge is 0.213 e. The number of rotatable bonds is 11. The van der Waals surface area contributed by atoms with Crippen molar-refractivity contribution in [2.45, 2.75) is 26.1 Å². The van der Waals surface area contributed by atoms with Gasteiger partial charge in [-0.15, -0.1) is 8.99 Å². The maximum Gasteiger partial charge on any atom is 0.213 e. The van der Waals surface area contributed by atoms with Crippen LogP contribution in [0.4, 0.5) is 14.5 Å². The Hall–Kier alpha value is -4.24. The molecule has 2 atom stereocenters. The molecule has 3 aromatic carbocycles. The zero-order valence-electron chi connectivity index (χ0n) is 22.7. The Balaban J connectivity index is 1.66. The highest BCUT2D eigenvalue weighted by Crippen LogP contribution is 2.47. The van der Waals surface area contributed by atoms with Crippen LogP contribution in [-0.2, 0) is 16.1 Å². The predicted octanol–water partition coefficient (Wildman–Crippen LogP) is 5.02. The lowest BCUT2D eigenvalue weighted by atomic mass is 10.1. The first kappa shape index (κ1) is 29.7. The maximum atomic E-state index is 15.1. The molecule has 0 saturated heterocycles. The lowest BCUT2D eigenvalue weighted by Crippen LogP contribution is -2.53. The third-order valence-electron chi connectivity index (χ3n) is 6.41. The lowest BCUT2D eigenvalue weighted by molar-refractivity contribution is -0.126. The van der Waals surface area contributed by atoms with Gasteiger partial charge in [0.1, 0.15) is 41.1 Å². The number of hydrogen-bond donors (Lipinski definition) is 3. The topological polar surface area (TPSA) is 98.5 Å². The zero-order valence-corrected chi connectivity index (χ0v) is 23.6. The van der Waals surface area contributed by atoms with E-state index in [1.54, 1.807) is 20.2 Å². The van der Waals surface area contributed by atoms with E-state index < -0.39 is 17.7 Å². The van der Waals surface area contributed by atoms with Gasteiger partial charge < -0.3 is 15.4 Å². The molecule has 1 heterocycles. The van der Waals surface area contributed by atoms with Crippen LogP contribution in [-0.4, -0.2) is 38.0 Å². The van der Waals surface area contributed by atoms with Crippen molar-refractivity contribution in [1.29, 1.82) is 5.26 Å². The number of guanidine groups is 1. The van der Waals surface area contributed by atoms with Crippen LogP contribution >= 0.6 is 11.9 Å². The number of hydrogen-bond acceptors (Lipinski definition) is 6. The number of ketones is 1. The summed E-state index contributed by atoms with van der Waals surface area (Å²) in [5.41, 5.74) is 5.23. The van der Waals surface area contributed by atoms with Crippen molar-refractivity contribution in [2.24, 2.45) is 4.99 Å². The Labute approximate surface area is 242 Å². The number of benzene rings is 3. The molecule has 0 aliphatic carbocycles. The molecule has 3 N–H and O–H groups in total. The summed E-state index contributed by atoms with van der Waals surface area (Å²) in [5.74, 6) is -1.29. The van der Waals surface area contributed by atoms with Crippen LogP contribution in [0, 0.1) is 23.1 Å². The third kappa shape index (κ3) is 7.29. The van der Waals surface area contributed by atoms with Gasteiger partial charge in [0.05, 0.1) is 6.61 Å². The van der Waals surface area contributed by atoms with Gasteiger partial charge in [0, 0.05) is 37.7 Å². The molecule has 0 amide bonds. The van der Waals surface area contributed by atoms with Gasteiger partial charge in [-0.25, -0.2) is 14.2 Å². The Kier molecular flexibility index (Phi) is 10.1. The molecule has 0 radical (unpaired) electrons. The van der Waals surface area contributed by atoms with Crippen molar-refractivity contribution in [1.82, 2.24) is 20.1 Å². The molecule has 0 bridgehead atoms. The van der Waals surface area contributed by atoms with E-state index in [9.17, 15) is 9.18 Å². The average molecular weight is 578 g/mol. The molecular formula is C30H31F2N6O2S+. The highest BCUT2D eigenvalue weighted by molar-refractivity contribution is 8.08. The molecule has 4 rings (SSSR count). The number of nitrogens with one attached hydrogen (secondary N) is 3. The number of nitrogens with zero attached hydrogens (tertiary/aromatic N) is 3. The SMILES string of the molecule is CNC(=NC#N)NCCC[N+]1(c2ccccc2)NC(C(=O)[C@H](C)OCc2ccccc2)=C(c2cc(F)ccc2F)S1. The Morgan fingerprint density at radius 3 is 2.51 bits per heavy atom. The van der Waals surface area contributed by atoms with Gasteiger partial charge in [0.2, 0.25) is 17.9 Å². The summed E-state index contributed by atoms with van der Waals surface area (Å²) in [4.78, 5) is 17.8. The van der Waals surface area contributed by atoms with Crippen LogP contribution in [0.5, 0.6) is 0 Å². The quantitative estimate of drug-likeness (QED) is 0.0736. The molecule has 1 aliphatic rings. The van der Waals surface area contributed by atoms with Crippen LogP contribution < -0.4 is 20.1 Å². The number of ether oxygens (including phenoxy) is 1. The van der Waals surface area contributed by atoms with Crippen molar-refractivity contribution in [2.75, 3.05) is 20.1 Å². The molecule has 3 aromatic rings. The number of nitriles is 1. The van der Waals surface area contributed by atoms with Gasteiger partial charge in [0.25, 0.3) is 0 Å². The second-order valence-corrected chi connectivity index (χ2v) is 10.4. The van der Waals surface area contributed by atoms with Gasteiger partial charge >= 0.3 is 0 Å². The Bertz CT molecular complexity index is 1460. The molecule has 1 aliphatic heterocycles. The minimum Gasteiger partial charge on any atom is -0.366 e. The fraction of sp³-hybridized carbons (Fsp3) is 0.233. The van der Waals surface area contributed by atoms with E-state index in [-0.39, 0.29) is 27.6 Å². The Morgan fingerprint density at radius 1 is 1.12 bits per heavy atom. The standard InChI is InChI=1S/C30H31F2N6O2S/c1-21(40-19-22-10-5-3-6-11-22)28(39)27-29(25-18-23(31)14-15-26(25)32)41-38(37-27,24-12-7-4-8-13-24)17-9-16-35-30(34-2)36-20-33/h3-8,10-15,18,21,37H,9,16-17,19H2,1-2H3,(H2,34,35,36)/q+1/t21-,38?/m0/s1. The first-order valence-corrected chi connectivity index (χ1v) is 13.8. The molecule has 0 fully saturated rings. The van der Waals surface area contributed by atoms with Crippen molar-refractivity contribution in [3.63, 3.8) is 0 Å². The minimum atomic E-state index is -0.859. The summed E-state index contributed by atoms with van der Waals surface area (Å²) in [5, 5.41) is 14.7. The monoisotopic (exact) mass is 577 g/mol. The molecule has 41 heavy (non-hydrogen) atoms. The van der Waals surface area contributed by atoms with E-state index in [1.807, 2.05) is 60.7 Å². The molecule has 0 aromatic heterocycles. The average Bonchev–Trinajstić information content (AvgIpc) is 3.40. The number of carbonyl (C=O) groups is 1. The van der Waals surface area contributed by atoms with Crippen molar-refractivity contribution in [3.05, 3.63) is 107 Å². The largest absolute Gasteiger partial charge is 0.366 e. The number of Topliss-reactive ketones (excluding diaryl/α,β-unsaturated/α-hetero) is 1. The van der Waals surface area contributed by atoms with Gasteiger partial charge in [-0.3, -0.25) is 4.79 Å². The van der Waals surface area contributed by atoms with Crippen molar-refractivity contribution in [3.8, 4) is 6.19 Å². The molecule has 1 unspecified atom stereocenters. The summed E-state index contributed by atoms with van der Waals surface area (Å²) in [7, 11) is 1.65. The molecule has 212 valence electrons. The first-order chi connectivity index (χ1) is 19.9. The van der Waals surface area contributed by atoms with E-state index in [1.165, 1.54) is 11.9 Å². The number of carbonyl (C=O) groups excluding carboxylic acids is 1. The van der Waals surface area contributed by atoms with E-state index in [0.717, 1.165) is 29.4 Å². The third-order valence-corrected chi connectivity index (χ3v) is 7.82. The second kappa shape index (κ2) is 13.9. The van der Waals surface area contributed by atoms with E-state index >= 15 is 4.39 Å². The highest BCUT2D eigenvalue weighted by atomic mass is 32.2. The van der Waals surface area contributed by atoms with Gasteiger partial charge in [-0.1, -0.05) is 48.5 Å². The van der Waals surface area contributed by atoms with E-state index in [2.05, 4.69) is 21.1 Å². The highest BCUT2D eigenvalue weighted by Gasteiger charge is 2.46. The van der Waals surface area contributed by atoms with Crippen LogP contribution in [0.25, 0.3) is 4.91 Å².